The predicted octanol–water partition coefficient (Wildman–Crippen LogP) is 6.81. The van der Waals surface area contributed by atoms with Gasteiger partial charge in [0.1, 0.15) is 5.82 Å². The average Bonchev–Trinajstić information content (AvgIpc) is 3.08. The van der Waals surface area contributed by atoms with Gasteiger partial charge in [-0.25, -0.2) is 4.39 Å². The van der Waals surface area contributed by atoms with Crippen molar-refractivity contribution in [2.45, 2.75) is 13.8 Å². The second kappa shape index (κ2) is 8.17. The smallest absolute Gasteiger partial charge is 0.257 e. The van der Waals surface area contributed by atoms with Crippen molar-refractivity contribution in [2.24, 2.45) is 0 Å². The second-order valence-corrected chi connectivity index (χ2v) is 7.53. The van der Waals surface area contributed by atoms with E-state index in [1.165, 1.54) is 6.07 Å². The van der Waals surface area contributed by atoms with Crippen LogP contribution in [-0.4, -0.2) is 10.5 Å². The zero-order valence-electron chi connectivity index (χ0n) is 16.6. The van der Waals surface area contributed by atoms with Gasteiger partial charge in [-0.1, -0.05) is 54.1 Å². The maximum Gasteiger partial charge on any atom is 0.257 e. The molecule has 1 aromatic heterocycles. The van der Waals surface area contributed by atoms with Gasteiger partial charge in [0.05, 0.1) is 16.9 Å². The summed E-state index contributed by atoms with van der Waals surface area (Å²) in [5, 5.41) is 3.33. The van der Waals surface area contributed by atoms with Crippen LogP contribution in [0.4, 0.5) is 10.1 Å². The monoisotopic (exact) mass is 418 g/mol. The summed E-state index contributed by atoms with van der Waals surface area (Å²) in [6.07, 6.45) is 0. The predicted molar refractivity (Wildman–Crippen MR) is 120 cm³/mol. The molecule has 0 spiro atoms. The topological polar surface area (TPSA) is 34.0 Å². The van der Waals surface area contributed by atoms with Crippen LogP contribution in [0, 0.1) is 19.7 Å². The van der Waals surface area contributed by atoms with Gasteiger partial charge in [-0.2, -0.15) is 0 Å². The van der Waals surface area contributed by atoms with E-state index in [4.69, 9.17) is 11.6 Å². The van der Waals surface area contributed by atoms with Gasteiger partial charge in [-0.05, 0) is 61.4 Å². The molecule has 3 aromatic carbocycles. The van der Waals surface area contributed by atoms with Crippen LogP contribution >= 0.6 is 11.6 Å². The van der Waals surface area contributed by atoms with Crippen molar-refractivity contribution in [1.29, 1.82) is 0 Å². The number of benzene rings is 3. The van der Waals surface area contributed by atoms with Crippen LogP contribution in [0.25, 0.3) is 16.9 Å². The first-order valence-corrected chi connectivity index (χ1v) is 9.93. The first-order chi connectivity index (χ1) is 14.5. The van der Waals surface area contributed by atoms with Crippen LogP contribution < -0.4 is 5.32 Å². The van der Waals surface area contributed by atoms with E-state index in [0.717, 1.165) is 28.2 Å². The quantitative estimate of drug-likeness (QED) is 0.388. The third-order valence-corrected chi connectivity index (χ3v) is 5.36. The van der Waals surface area contributed by atoms with E-state index < -0.39 is 5.82 Å². The lowest BCUT2D eigenvalue weighted by molar-refractivity contribution is 0.102. The van der Waals surface area contributed by atoms with E-state index in [0.29, 0.717) is 10.6 Å². The van der Waals surface area contributed by atoms with E-state index in [-0.39, 0.29) is 11.6 Å². The van der Waals surface area contributed by atoms with Crippen molar-refractivity contribution >= 4 is 23.2 Å². The summed E-state index contributed by atoms with van der Waals surface area (Å²) >= 11 is 6.07. The summed E-state index contributed by atoms with van der Waals surface area (Å²) in [5.41, 5.74) is 5.23. The molecule has 150 valence electrons. The minimum atomic E-state index is -0.472. The molecule has 0 aliphatic heterocycles. The Morgan fingerprint density at radius 3 is 2.30 bits per heavy atom. The lowest BCUT2D eigenvalue weighted by Gasteiger charge is -2.15. The average molecular weight is 419 g/mol. The number of aryl methyl sites for hydroxylation is 1. The van der Waals surface area contributed by atoms with Crippen molar-refractivity contribution in [3.05, 3.63) is 107 Å². The van der Waals surface area contributed by atoms with Crippen LogP contribution in [0.15, 0.2) is 78.9 Å². The molecule has 0 saturated heterocycles. The number of nitrogens with one attached hydrogen (secondary N) is 1. The number of aromatic nitrogens is 1. The molecule has 1 heterocycles. The first kappa shape index (κ1) is 19.9. The molecule has 0 atom stereocenters. The molecule has 1 amide bonds. The standard InChI is InChI=1S/C25H20ClFN2O/c1-16-7-3-6-10-23(16)29-17(2)20(15-24(29)18-11-13-19(26)14-12-18)25(30)28-22-9-5-4-8-21(22)27/h3-15H,1-2H3,(H,28,30). The Bertz CT molecular complexity index is 1230. The first-order valence-electron chi connectivity index (χ1n) is 9.56. The fourth-order valence-electron chi connectivity index (χ4n) is 3.55. The highest BCUT2D eigenvalue weighted by Gasteiger charge is 2.21. The SMILES string of the molecule is Cc1ccccc1-n1c(-c2ccc(Cl)cc2)cc(C(=O)Nc2ccccc2F)c1C. The molecular formula is C25H20ClFN2O. The number of halogens is 2. The normalized spacial score (nSPS) is 10.8. The lowest BCUT2D eigenvalue weighted by Crippen LogP contribution is -2.14. The van der Waals surface area contributed by atoms with Gasteiger partial charge in [0.2, 0.25) is 0 Å². The molecule has 0 saturated carbocycles. The largest absolute Gasteiger partial charge is 0.319 e. The highest BCUT2D eigenvalue weighted by molar-refractivity contribution is 6.30. The van der Waals surface area contributed by atoms with E-state index in [1.807, 2.05) is 68.4 Å². The maximum atomic E-state index is 14.0. The Morgan fingerprint density at radius 2 is 1.60 bits per heavy atom. The van der Waals surface area contributed by atoms with Crippen LogP contribution in [0.1, 0.15) is 21.6 Å². The van der Waals surface area contributed by atoms with E-state index in [1.54, 1.807) is 18.2 Å². The molecule has 30 heavy (non-hydrogen) atoms. The summed E-state index contributed by atoms with van der Waals surface area (Å²) < 4.78 is 16.1. The molecule has 0 aliphatic rings. The Labute approximate surface area is 179 Å². The Balaban J connectivity index is 1.86. The second-order valence-electron chi connectivity index (χ2n) is 7.09. The zero-order valence-corrected chi connectivity index (χ0v) is 17.4. The fraction of sp³-hybridized carbons (Fsp3) is 0.0800. The van der Waals surface area contributed by atoms with Gasteiger partial charge < -0.3 is 9.88 Å². The van der Waals surface area contributed by atoms with Gasteiger partial charge >= 0.3 is 0 Å². The van der Waals surface area contributed by atoms with Gasteiger partial charge in [0.25, 0.3) is 5.91 Å². The van der Waals surface area contributed by atoms with Gasteiger partial charge in [0, 0.05) is 16.4 Å². The maximum absolute atomic E-state index is 14.0. The van der Waals surface area contributed by atoms with Crippen molar-refractivity contribution in [3.8, 4) is 16.9 Å². The van der Waals surface area contributed by atoms with Crippen LogP contribution in [0.5, 0.6) is 0 Å². The van der Waals surface area contributed by atoms with Gasteiger partial charge in [0.15, 0.2) is 0 Å². The number of para-hydroxylation sites is 2. The number of amides is 1. The minimum absolute atomic E-state index is 0.151. The van der Waals surface area contributed by atoms with Crippen molar-refractivity contribution < 1.29 is 9.18 Å². The van der Waals surface area contributed by atoms with Crippen molar-refractivity contribution in [2.75, 3.05) is 5.32 Å². The molecule has 4 rings (SSSR count). The molecular weight excluding hydrogens is 399 g/mol. The van der Waals surface area contributed by atoms with E-state index >= 15 is 0 Å². The summed E-state index contributed by atoms with van der Waals surface area (Å²) in [6.45, 7) is 3.92. The number of hydrogen-bond donors (Lipinski definition) is 1. The Hall–Kier alpha value is -3.37. The molecule has 0 fully saturated rings. The number of rotatable bonds is 4. The lowest BCUT2D eigenvalue weighted by atomic mass is 10.1. The van der Waals surface area contributed by atoms with E-state index in [9.17, 15) is 9.18 Å². The molecule has 0 unspecified atom stereocenters. The van der Waals surface area contributed by atoms with Gasteiger partial charge in [-0.3, -0.25) is 4.79 Å². The van der Waals surface area contributed by atoms with Crippen molar-refractivity contribution in [3.63, 3.8) is 0 Å². The molecule has 4 aromatic rings. The summed E-state index contributed by atoms with van der Waals surface area (Å²) in [6, 6.07) is 23.4. The summed E-state index contributed by atoms with van der Waals surface area (Å²) in [7, 11) is 0. The zero-order chi connectivity index (χ0) is 21.3. The number of hydrogen-bond acceptors (Lipinski definition) is 1. The molecule has 5 heteroatoms. The van der Waals surface area contributed by atoms with Crippen LogP contribution in [-0.2, 0) is 0 Å². The number of carbonyl (C=O) groups is 1. The molecule has 0 radical (unpaired) electrons. The van der Waals surface area contributed by atoms with Crippen LogP contribution in [0.2, 0.25) is 5.02 Å². The fourth-order valence-corrected chi connectivity index (χ4v) is 3.67. The summed E-state index contributed by atoms with van der Waals surface area (Å²) in [4.78, 5) is 13.0. The van der Waals surface area contributed by atoms with Crippen molar-refractivity contribution in [1.82, 2.24) is 4.57 Å². The molecule has 0 bridgehead atoms. The summed E-state index contributed by atoms with van der Waals surface area (Å²) in [5.74, 6) is -0.833. The van der Waals surface area contributed by atoms with E-state index in [2.05, 4.69) is 9.88 Å². The highest BCUT2D eigenvalue weighted by atomic mass is 35.5. The third kappa shape index (κ3) is 3.74. The highest BCUT2D eigenvalue weighted by Crippen LogP contribution is 2.32. The molecule has 0 aliphatic carbocycles. The number of nitrogens with zero attached hydrogens (tertiary/aromatic N) is 1. The van der Waals surface area contributed by atoms with Gasteiger partial charge in [-0.15, -0.1) is 0 Å². The third-order valence-electron chi connectivity index (χ3n) is 5.11. The Kier molecular flexibility index (Phi) is 5.42. The Morgan fingerprint density at radius 1 is 0.933 bits per heavy atom. The number of anilines is 1. The molecule has 3 nitrogen and oxygen atoms in total. The van der Waals surface area contributed by atoms with Crippen LogP contribution in [0.3, 0.4) is 0 Å². The molecule has 1 N–H and O–H groups in total. The minimum Gasteiger partial charge on any atom is -0.319 e. The number of carbonyl (C=O) groups excluding carboxylic acids is 1.